The second kappa shape index (κ2) is 6.33. The number of hydrogen-bond acceptors (Lipinski definition) is 1. The average molecular weight is 141 g/mol. The van der Waals surface area contributed by atoms with E-state index in [4.69, 9.17) is 0 Å². The van der Waals surface area contributed by atoms with Gasteiger partial charge in [0, 0.05) is 13.1 Å². The number of unbranched alkanes of at least 4 members (excludes halogenated alkanes) is 1. The van der Waals surface area contributed by atoms with E-state index in [1.54, 1.807) is 11.0 Å². The van der Waals surface area contributed by atoms with E-state index in [1.807, 2.05) is 0 Å². The molecule has 0 N–H and O–H groups in total. The Bertz CT molecular complexity index is 101. The van der Waals surface area contributed by atoms with Crippen LogP contribution in [0.3, 0.4) is 0 Å². The normalized spacial score (nSPS) is 8.90. The first-order valence-corrected chi connectivity index (χ1v) is 3.65. The van der Waals surface area contributed by atoms with Gasteiger partial charge in [0.05, 0.1) is 0 Å². The maximum atomic E-state index is 10.3. The van der Waals surface area contributed by atoms with E-state index in [0.29, 0.717) is 6.54 Å². The first-order chi connectivity index (χ1) is 4.85. The highest BCUT2D eigenvalue weighted by Crippen LogP contribution is 1.90. The van der Waals surface area contributed by atoms with Crippen LogP contribution in [-0.2, 0) is 4.79 Å². The lowest BCUT2D eigenvalue weighted by Gasteiger charge is -2.13. The Hall–Kier alpha value is -0.790. The molecule has 2 heteroatoms. The zero-order valence-electron chi connectivity index (χ0n) is 6.55. The van der Waals surface area contributed by atoms with Crippen molar-refractivity contribution in [3.8, 4) is 0 Å². The Morgan fingerprint density at radius 3 is 2.70 bits per heavy atom. The third-order valence-corrected chi connectivity index (χ3v) is 1.31. The van der Waals surface area contributed by atoms with Crippen LogP contribution in [0.5, 0.6) is 0 Å². The topological polar surface area (TPSA) is 20.3 Å². The number of nitrogens with zero attached hydrogens (tertiary/aromatic N) is 1. The van der Waals surface area contributed by atoms with E-state index >= 15 is 0 Å². The summed E-state index contributed by atoms with van der Waals surface area (Å²) in [4.78, 5) is 12.0. The first kappa shape index (κ1) is 9.21. The van der Waals surface area contributed by atoms with Crippen molar-refractivity contribution in [2.75, 3.05) is 13.1 Å². The summed E-state index contributed by atoms with van der Waals surface area (Å²) >= 11 is 0. The molecular formula is C8H15NO. The van der Waals surface area contributed by atoms with Gasteiger partial charge in [0.15, 0.2) is 0 Å². The Morgan fingerprint density at radius 1 is 1.60 bits per heavy atom. The SMILES string of the molecule is C=CCN(C=O)CCCC. The van der Waals surface area contributed by atoms with Crippen molar-refractivity contribution in [1.82, 2.24) is 4.90 Å². The molecule has 0 saturated carbocycles. The summed E-state index contributed by atoms with van der Waals surface area (Å²) in [5, 5.41) is 0. The van der Waals surface area contributed by atoms with Crippen LogP contribution in [0, 0.1) is 0 Å². The van der Waals surface area contributed by atoms with Crippen LogP contribution in [0.25, 0.3) is 0 Å². The van der Waals surface area contributed by atoms with Gasteiger partial charge < -0.3 is 4.90 Å². The highest BCUT2D eigenvalue weighted by molar-refractivity contribution is 5.47. The second-order valence-electron chi connectivity index (χ2n) is 2.24. The molecule has 0 rings (SSSR count). The van der Waals surface area contributed by atoms with Crippen molar-refractivity contribution < 1.29 is 4.79 Å². The molecule has 0 aromatic rings. The largest absolute Gasteiger partial charge is 0.342 e. The highest BCUT2D eigenvalue weighted by Gasteiger charge is 1.94. The van der Waals surface area contributed by atoms with Gasteiger partial charge in [-0.2, -0.15) is 0 Å². The zero-order chi connectivity index (χ0) is 7.82. The number of carbonyl (C=O) groups excluding carboxylic acids is 1. The maximum absolute atomic E-state index is 10.3. The molecule has 0 aromatic heterocycles. The van der Waals surface area contributed by atoms with Gasteiger partial charge >= 0.3 is 0 Å². The molecule has 0 bridgehead atoms. The molecule has 10 heavy (non-hydrogen) atoms. The van der Waals surface area contributed by atoms with Crippen molar-refractivity contribution in [2.45, 2.75) is 19.8 Å². The second-order valence-corrected chi connectivity index (χ2v) is 2.24. The van der Waals surface area contributed by atoms with E-state index in [9.17, 15) is 4.79 Å². The predicted molar refractivity (Wildman–Crippen MR) is 42.7 cm³/mol. The summed E-state index contributed by atoms with van der Waals surface area (Å²) in [6, 6.07) is 0. The lowest BCUT2D eigenvalue weighted by molar-refractivity contribution is -0.117. The molecule has 0 unspecified atom stereocenters. The Kier molecular flexibility index (Phi) is 5.83. The lowest BCUT2D eigenvalue weighted by Crippen LogP contribution is -2.22. The molecule has 0 aliphatic heterocycles. The number of carbonyl (C=O) groups is 1. The van der Waals surface area contributed by atoms with E-state index < -0.39 is 0 Å². The van der Waals surface area contributed by atoms with Crippen molar-refractivity contribution in [2.24, 2.45) is 0 Å². The minimum absolute atomic E-state index is 0.670. The molecule has 0 aliphatic carbocycles. The fraction of sp³-hybridized carbons (Fsp3) is 0.625. The predicted octanol–water partition coefficient (Wildman–Crippen LogP) is 1.43. The quantitative estimate of drug-likeness (QED) is 0.405. The molecule has 0 radical (unpaired) electrons. The molecular weight excluding hydrogens is 126 g/mol. The van der Waals surface area contributed by atoms with Gasteiger partial charge in [0.1, 0.15) is 0 Å². The van der Waals surface area contributed by atoms with Crippen molar-refractivity contribution in [3.63, 3.8) is 0 Å². The summed E-state index contributed by atoms with van der Waals surface area (Å²) in [6.45, 7) is 7.19. The Labute approximate surface area is 62.5 Å². The summed E-state index contributed by atoms with van der Waals surface area (Å²) < 4.78 is 0. The monoisotopic (exact) mass is 141 g/mol. The first-order valence-electron chi connectivity index (χ1n) is 3.65. The van der Waals surface area contributed by atoms with Crippen LogP contribution in [0.1, 0.15) is 19.8 Å². The smallest absolute Gasteiger partial charge is 0.209 e. The van der Waals surface area contributed by atoms with Crippen LogP contribution < -0.4 is 0 Å². The van der Waals surface area contributed by atoms with E-state index in [2.05, 4.69) is 13.5 Å². The minimum atomic E-state index is 0.670. The molecule has 0 atom stereocenters. The molecule has 0 aromatic carbocycles. The summed E-state index contributed by atoms with van der Waals surface area (Å²) in [7, 11) is 0. The third kappa shape index (κ3) is 4.13. The van der Waals surface area contributed by atoms with Crippen LogP contribution in [-0.4, -0.2) is 24.4 Å². The van der Waals surface area contributed by atoms with Gasteiger partial charge in [-0.15, -0.1) is 6.58 Å². The van der Waals surface area contributed by atoms with E-state index in [-0.39, 0.29) is 0 Å². The Morgan fingerprint density at radius 2 is 2.30 bits per heavy atom. The van der Waals surface area contributed by atoms with Crippen molar-refractivity contribution in [1.29, 1.82) is 0 Å². The Balaban J connectivity index is 3.38. The fourth-order valence-corrected chi connectivity index (χ4v) is 0.714. The van der Waals surface area contributed by atoms with Gasteiger partial charge in [-0.05, 0) is 6.42 Å². The lowest BCUT2D eigenvalue weighted by atomic mass is 10.3. The highest BCUT2D eigenvalue weighted by atomic mass is 16.1. The van der Waals surface area contributed by atoms with Crippen molar-refractivity contribution >= 4 is 6.41 Å². The van der Waals surface area contributed by atoms with Gasteiger partial charge in [0.2, 0.25) is 6.41 Å². The summed E-state index contributed by atoms with van der Waals surface area (Å²) in [5.74, 6) is 0. The molecule has 0 spiro atoms. The third-order valence-electron chi connectivity index (χ3n) is 1.31. The number of amides is 1. The van der Waals surface area contributed by atoms with Crippen LogP contribution in [0.4, 0.5) is 0 Å². The summed E-state index contributed by atoms with van der Waals surface area (Å²) in [5.41, 5.74) is 0. The van der Waals surface area contributed by atoms with Gasteiger partial charge in [-0.25, -0.2) is 0 Å². The molecule has 0 aliphatic rings. The molecule has 0 saturated heterocycles. The molecule has 58 valence electrons. The van der Waals surface area contributed by atoms with Crippen molar-refractivity contribution in [3.05, 3.63) is 12.7 Å². The van der Waals surface area contributed by atoms with Crippen LogP contribution in [0.15, 0.2) is 12.7 Å². The fourth-order valence-electron chi connectivity index (χ4n) is 0.714. The maximum Gasteiger partial charge on any atom is 0.209 e. The van der Waals surface area contributed by atoms with Crippen LogP contribution in [0.2, 0.25) is 0 Å². The average Bonchev–Trinajstić information content (AvgIpc) is 1.98. The zero-order valence-corrected chi connectivity index (χ0v) is 6.55. The van der Waals surface area contributed by atoms with E-state index in [0.717, 1.165) is 25.8 Å². The minimum Gasteiger partial charge on any atom is -0.342 e. The standard InChI is InChI=1S/C8H15NO/c1-3-5-7-9(8-10)6-4-2/h4,8H,2-3,5-7H2,1H3. The number of hydrogen-bond donors (Lipinski definition) is 0. The van der Waals surface area contributed by atoms with Gasteiger partial charge in [0.25, 0.3) is 0 Å². The molecule has 2 nitrogen and oxygen atoms in total. The molecule has 1 amide bonds. The molecule has 0 heterocycles. The van der Waals surface area contributed by atoms with Crippen LogP contribution >= 0.6 is 0 Å². The molecule has 0 fully saturated rings. The number of rotatable bonds is 6. The van der Waals surface area contributed by atoms with E-state index in [1.165, 1.54) is 0 Å². The van der Waals surface area contributed by atoms with Gasteiger partial charge in [-0.3, -0.25) is 4.79 Å². The summed E-state index contributed by atoms with van der Waals surface area (Å²) in [6.07, 6.45) is 4.81. The van der Waals surface area contributed by atoms with Gasteiger partial charge in [-0.1, -0.05) is 19.4 Å².